The van der Waals surface area contributed by atoms with Crippen LogP contribution in [0.1, 0.15) is 29.2 Å². The van der Waals surface area contributed by atoms with Gasteiger partial charge in [0.15, 0.2) is 11.5 Å². The number of rotatable bonds is 3. The molecule has 0 aromatic heterocycles. The van der Waals surface area contributed by atoms with Crippen LogP contribution in [0.25, 0.3) is 0 Å². The second-order valence-electron chi connectivity index (χ2n) is 6.78. The quantitative estimate of drug-likeness (QED) is 0.881. The van der Waals surface area contributed by atoms with Crippen LogP contribution in [-0.2, 0) is 6.18 Å². The van der Waals surface area contributed by atoms with Gasteiger partial charge in [0, 0.05) is 19.6 Å². The minimum atomic E-state index is -4.37. The van der Waals surface area contributed by atoms with E-state index in [-0.39, 0.29) is 12.8 Å². The molecule has 4 nitrogen and oxygen atoms in total. The molecule has 1 fully saturated rings. The lowest BCUT2D eigenvalue weighted by Crippen LogP contribution is -2.33. The van der Waals surface area contributed by atoms with Gasteiger partial charge < -0.3 is 14.8 Å². The van der Waals surface area contributed by atoms with Crippen LogP contribution in [0.3, 0.4) is 0 Å². The zero-order chi connectivity index (χ0) is 18.9. The Balaban J connectivity index is 1.76. The highest BCUT2D eigenvalue weighted by Gasteiger charge is 2.32. The van der Waals surface area contributed by atoms with E-state index in [9.17, 15) is 13.2 Å². The molecule has 1 unspecified atom stereocenters. The number of hydrogen-bond acceptors (Lipinski definition) is 4. The predicted octanol–water partition coefficient (Wildman–Crippen LogP) is 3.82. The second-order valence-corrected chi connectivity index (χ2v) is 6.78. The summed E-state index contributed by atoms with van der Waals surface area (Å²) < 4.78 is 50.6. The summed E-state index contributed by atoms with van der Waals surface area (Å²) in [7, 11) is 0. The molecule has 1 saturated heterocycles. The van der Waals surface area contributed by atoms with Crippen molar-refractivity contribution < 1.29 is 22.6 Å². The largest absolute Gasteiger partial charge is 0.454 e. The highest BCUT2D eigenvalue weighted by Crippen LogP contribution is 2.39. The topological polar surface area (TPSA) is 33.7 Å². The lowest BCUT2D eigenvalue weighted by Gasteiger charge is -2.31. The van der Waals surface area contributed by atoms with Gasteiger partial charge in [-0.2, -0.15) is 13.2 Å². The van der Waals surface area contributed by atoms with E-state index in [2.05, 4.69) is 10.2 Å². The molecular formula is C20H21F3N2O2. The number of ether oxygens (including phenoxy) is 2. The third-order valence-electron chi connectivity index (χ3n) is 4.98. The molecule has 0 radical (unpaired) electrons. The van der Waals surface area contributed by atoms with Gasteiger partial charge in [0.1, 0.15) is 0 Å². The normalized spacial score (nSPS) is 18.9. The number of fused-ring (bicyclic) bond motifs is 1. The lowest BCUT2D eigenvalue weighted by molar-refractivity contribution is -0.137. The van der Waals surface area contributed by atoms with Crippen molar-refractivity contribution in [1.82, 2.24) is 10.2 Å². The van der Waals surface area contributed by atoms with Gasteiger partial charge in [0.2, 0.25) is 6.79 Å². The monoisotopic (exact) mass is 378 g/mol. The second kappa shape index (κ2) is 7.40. The molecule has 4 rings (SSSR count). The molecule has 27 heavy (non-hydrogen) atoms. The number of halogens is 3. The van der Waals surface area contributed by atoms with E-state index in [0.717, 1.165) is 44.2 Å². The highest BCUT2D eigenvalue weighted by atomic mass is 19.4. The Morgan fingerprint density at radius 1 is 0.926 bits per heavy atom. The summed E-state index contributed by atoms with van der Waals surface area (Å²) in [5.41, 5.74) is 0.907. The standard InChI is InChI=1S/C20H21F3N2O2/c21-20(22,23)16-4-1-3-14(11-16)19(25-9-2-7-24-8-10-25)15-5-6-17-18(12-15)27-13-26-17/h1,3-6,11-12,19,24H,2,7-10,13H2. The van der Waals surface area contributed by atoms with E-state index in [0.29, 0.717) is 17.1 Å². The molecule has 2 aliphatic rings. The van der Waals surface area contributed by atoms with Crippen molar-refractivity contribution >= 4 is 0 Å². The average Bonchev–Trinajstić information content (AvgIpc) is 2.96. The third-order valence-corrected chi connectivity index (χ3v) is 4.98. The third kappa shape index (κ3) is 3.89. The molecular weight excluding hydrogens is 357 g/mol. The molecule has 0 spiro atoms. The molecule has 0 amide bonds. The van der Waals surface area contributed by atoms with Gasteiger partial charge in [0.05, 0.1) is 11.6 Å². The van der Waals surface area contributed by atoms with Gasteiger partial charge in [0.25, 0.3) is 0 Å². The molecule has 0 saturated carbocycles. The Kier molecular flexibility index (Phi) is 4.97. The first-order valence-electron chi connectivity index (χ1n) is 9.04. The minimum Gasteiger partial charge on any atom is -0.454 e. The molecule has 2 heterocycles. The van der Waals surface area contributed by atoms with Crippen LogP contribution in [0, 0.1) is 0 Å². The van der Waals surface area contributed by atoms with Crippen molar-refractivity contribution in [1.29, 1.82) is 0 Å². The van der Waals surface area contributed by atoms with Gasteiger partial charge in [-0.3, -0.25) is 4.90 Å². The molecule has 1 N–H and O–H groups in total. The number of benzene rings is 2. The highest BCUT2D eigenvalue weighted by molar-refractivity contribution is 5.47. The van der Waals surface area contributed by atoms with E-state index in [1.807, 2.05) is 18.2 Å². The first-order valence-corrected chi connectivity index (χ1v) is 9.04. The molecule has 2 aromatic rings. The fourth-order valence-electron chi connectivity index (χ4n) is 3.71. The van der Waals surface area contributed by atoms with Crippen LogP contribution in [-0.4, -0.2) is 37.9 Å². The van der Waals surface area contributed by atoms with E-state index in [4.69, 9.17) is 9.47 Å². The van der Waals surface area contributed by atoms with Gasteiger partial charge in [-0.25, -0.2) is 0 Å². The van der Waals surface area contributed by atoms with Gasteiger partial charge >= 0.3 is 6.18 Å². The number of alkyl halides is 3. The van der Waals surface area contributed by atoms with Crippen molar-refractivity contribution in [3.05, 3.63) is 59.2 Å². The summed E-state index contributed by atoms with van der Waals surface area (Å²) in [6.07, 6.45) is -3.42. The number of nitrogens with one attached hydrogen (secondary N) is 1. The summed E-state index contributed by atoms with van der Waals surface area (Å²) >= 11 is 0. The molecule has 1 atom stereocenters. The van der Waals surface area contributed by atoms with Crippen molar-refractivity contribution in [2.75, 3.05) is 33.0 Å². The van der Waals surface area contributed by atoms with Gasteiger partial charge in [-0.05, 0) is 48.4 Å². The average molecular weight is 378 g/mol. The molecule has 7 heteroatoms. The van der Waals surface area contributed by atoms with Crippen LogP contribution in [0.2, 0.25) is 0 Å². The molecule has 0 aliphatic carbocycles. The van der Waals surface area contributed by atoms with Crippen LogP contribution in [0.15, 0.2) is 42.5 Å². The Hall–Kier alpha value is -2.25. The first kappa shape index (κ1) is 18.1. The Labute approximate surface area is 155 Å². The Morgan fingerprint density at radius 2 is 1.74 bits per heavy atom. The minimum absolute atomic E-state index is 0.167. The molecule has 144 valence electrons. The SMILES string of the molecule is FC(F)(F)c1cccc(C(c2ccc3c(c2)OCO3)N2CCCNCC2)c1. The summed E-state index contributed by atoms with van der Waals surface area (Å²) in [4.78, 5) is 2.23. The molecule has 2 aromatic carbocycles. The van der Waals surface area contributed by atoms with Crippen LogP contribution >= 0.6 is 0 Å². The van der Waals surface area contributed by atoms with Crippen LogP contribution in [0.5, 0.6) is 11.5 Å². The van der Waals surface area contributed by atoms with Crippen molar-refractivity contribution in [3.8, 4) is 11.5 Å². The van der Waals surface area contributed by atoms with Crippen LogP contribution < -0.4 is 14.8 Å². The Bertz CT molecular complexity index is 802. The smallest absolute Gasteiger partial charge is 0.416 e. The number of hydrogen-bond donors (Lipinski definition) is 1. The summed E-state index contributed by atoms with van der Waals surface area (Å²) in [6.45, 7) is 3.45. The van der Waals surface area contributed by atoms with E-state index in [1.165, 1.54) is 12.1 Å². The van der Waals surface area contributed by atoms with Gasteiger partial charge in [-0.1, -0.05) is 18.2 Å². The van der Waals surface area contributed by atoms with Crippen molar-refractivity contribution in [2.24, 2.45) is 0 Å². The van der Waals surface area contributed by atoms with Crippen molar-refractivity contribution in [3.63, 3.8) is 0 Å². The molecule has 0 bridgehead atoms. The summed E-state index contributed by atoms with van der Waals surface area (Å²) in [5, 5.41) is 3.35. The zero-order valence-corrected chi connectivity index (χ0v) is 14.8. The fraction of sp³-hybridized carbons (Fsp3) is 0.400. The van der Waals surface area contributed by atoms with Crippen LogP contribution in [0.4, 0.5) is 13.2 Å². The maximum absolute atomic E-state index is 13.3. The summed E-state index contributed by atoms with van der Waals surface area (Å²) in [6, 6.07) is 11.0. The zero-order valence-electron chi connectivity index (χ0n) is 14.8. The van der Waals surface area contributed by atoms with E-state index < -0.39 is 11.7 Å². The maximum Gasteiger partial charge on any atom is 0.416 e. The maximum atomic E-state index is 13.3. The lowest BCUT2D eigenvalue weighted by atomic mass is 9.94. The summed E-state index contributed by atoms with van der Waals surface area (Å²) in [5.74, 6) is 1.30. The number of nitrogens with zero attached hydrogens (tertiary/aromatic N) is 1. The first-order chi connectivity index (χ1) is 13.0. The van der Waals surface area contributed by atoms with Crippen molar-refractivity contribution in [2.45, 2.75) is 18.6 Å². The van der Waals surface area contributed by atoms with E-state index >= 15 is 0 Å². The van der Waals surface area contributed by atoms with E-state index in [1.54, 1.807) is 6.07 Å². The fourth-order valence-corrected chi connectivity index (χ4v) is 3.71. The Morgan fingerprint density at radius 3 is 2.59 bits per heavy atom. The van der Waals surface area contributed by atoms with Gasteiger partial charge in [-0.15, -0.1) is 0 Å². The molecule has 2 aliphatic heterocycles. The predicted molar refractivity (Wildman–Crippen MR) is 94.9 cm³/mol.